The van der Waals surface area contributed by atoms with Crippen LogP contribution in [0.4, 0.5) is 5.69 Å². The van der Waals surface area contributed by atoms with E-state index in [-0.39, 0.29) is 5.91 Å². The Balaban J connectivity index is 1.85. The number of benzene rings is 2. The molecule has 2 aromatic rings. The summed E-state index contributed by atoms with van der Waals surface area (Å²) in [6.45, 7) is 4.38. The lowest BCUT2D eigenvalue weighted by atomic mass is 10.1. The maximum absolute atomic E-state index is 11.9. The van der Waals surface area contributed by atoms with Crippen LogP contribution in [0.2, 0.25) is 0 Å². The summed E-state index contributed by atoms with van der Waals surface area (Å²) in [7, 11) is 0. The van der Waals surface area contributed by atoms with Crippen molar-refractivity contribution < 1.29 is 9.53 Å². The summed E-state index contributed by atoms with van der Waals surface area (Å²) in [6.07, 6.45) is 0.322. The summed E-state index contributed by atoms with van der Waals surface area (Å²) >= 11 is 3.51. The number of amides is 1. The van der Waals surface area contributed by atoms with Crippen LogP contribution in [0.15, 0.2) is 46.9 Å². The first kappa shape index (κ1) is 15.6. The first-order chi connectivity index (χ1) is 10.1. The summed E-state index contributed by atoms with van der Waals surface area (Å²) < 4.78 is 6.59. The van der Waals surface area contributed by atoms with Crippen LogP contribution >= 0.6 is 15.9 Å². The number of nitrogens with one attached hydrogen (secondary N) is 1. The third kappa shape index (κ3) is 4.60. The summed E-state index contributed by atoms with van der Waals surface area (Å²) in [5.74, 6) is 0.729. The monoisotopic (exact) mass is 347 g/mol. The van der Waals surface area contributed by atoms with E-state index < -0.39 is 0 Å². The van der Waals surface area contributed by atoms with Crippen molar-refractivity contribution >= 4 is 27.5 Å². The van der Waals surface area contributed by atoms with Gasteiger partial charge < -0.3 is 10.1 Å². The number of para-hydroxylation sites is 1. The average Bonchev–Trinajstić information content (AvgIpc) is 2.46. The molecule has 0 radical (unpaired) electrons. The highest BCUT2D eigenvalue weighted by atomic mass is 79.9. The molecule has 2 rings (SSSR count). The fourth-order valence-corrected chi connectivity index (χ4v) is 2.25. The molecule has 0 fully saturated rings. The van der Waals surface area contributed by atoms with Crippen LogP contribution in [0, 0.1) is 13.8 Å². The van der Waals surface area contributed by atoms with Gasteiger partial charge in [-0.05, 0) is 49.2 Å². The van der Waals surface area contributed by atoms with Gasteiger partial charge in [0, 0.05) is 10.2 Å². The van der Waals surface area contributed by atoms with Gasteiger partial charge in [0.25, 0.3) is 0 Å². The molecule has 0 aliphatic rings. The molecule has 2 aromatic carbocycles. The Morgan fingerprint density at radius 2 is 1.76 bits per heavy atom. The van der Waals surface area contributed by atoms with E-state index >= 15 is 0 Å². The summed E-state index contributed by atoms with van der Waals surface area (Å²) in [5, 5.41) is 2.90. The molecule has 0 aromatic heterocycles. The van der Waals surface area contributed by atoms with Crippen molar-refractivity contribution in [2.75, 3.05) is 11.9 Å². The van der Waals surface area contributed by atoms with Crippen LogP contribution in [0.1, 0.15) is 17.5 Å². The van der Waals surface area contributed by atoms with E-state index in [2.05, 4.69) is 21.2 Å². The Kier molecular flexibility index (Phi) is 5.39. The van der Waals surface area contributed by atoms with Gasteiger partial charge in [-0.2, -0.15) is 0 Å². The smallest absolute Gasteiger partial charge is 0.227 e. The van der Waals surface area contributed by atoms with Gasteiger partial charge in [0.2, 0.25) is 5.91 Å². The highest BCUT2D eigenvalue weighted by Gasteiger charge is 2.06. The zero-order chi connectivity index (χ0) is 15.2. The van der Waals surface area contributed by atoms with E-state index in [1.807, 2.05) is 56.3 Å². The van der Waals surface area contributed by atoms with E-state index in [9.17, 15) is 4.79 Å². The Bertz CT molecular complexity index is 603. The predicted octanol–water partition coefficient (Wildman–Crippen LogP) is 4.47. The average molecular weight is 348 g/mol. The lowest BCUT2D eigenvalue weighted by Crippen LogP contribution is -2.15. The first-order valence-electron chi connectivity index (χ1n) is 6.80. The molecule has 0 spiro atoms. The molecule has 0 saturated heterocycles. The van der Waals surface area contributed by atoms with Crippen LogP contribution in [0.5, 0.6) is 5.75 Å². The third-order valence-corrected chi connectivity index (χ3v) is 4.31. The van der Waals surface area contributed by atoms with Crippen LogP contribution in [0.3, 0.4) is 0 Å². The molecule has 0 saturated carbocycles. The standard InChI is InChI=1S/C17H18BrNO2/c1-12-10-14(11-13(2)17(12)18)19-16(20)8-9-21-15-6-4-3-5-7-15/h3-7,10-11H,8-9H2,1-2H3,(H,19,20). The van der Waals surface area contributed by atoms with Crippen molar-refractivity contribution in [2.24, 2.45) is 0 Å². The number of carbonyl (C=O) groups excluding carboxylic acids is 1. The predicted molar refractivity (Wildman–Crippen MR) is 88.8 cm³/mol. The molecule has 110 valence electrons. The normalized spacial score (nSPS) is 10.2. The van der Waals surface area contributed by atoms with Crippen molar-refractivity contribution in [2.45, 2.75) is 20.3 Å². The fraction of sp³-hybridized carbons (Fsp3) is 0.235. The molecular weight excluding hydrogens is 330 g/mol. The number of hydrogen-bond donors (Lipinski definition) is 1. The van der Waals surface area contributed by atoms with Gasteiger partial charge in [0.15, 0.2) is 0 Å². The van der Waals surface area contributed by atoms with E-state index in [4.69, 9.17) is 4.74 Å². The van der Waals surface area contributed by atoms with Gasteiger partial charge in [-0.15, -0.1) is 0 Å². The minimum Gasteiger partial charge on any atom is -0.493 e. The van der Waals surface area contributed by atoms with Gasteiger partial charge in [-0.3, -0.25) is 4.79 Å². The molecule has 0 aliphatic heterocycles. The second-order valence-electron chi connectivity index (χ2n) is 4.88. The van der Waals surface area contributed by atoms with Gasteiger partial charge in [0.05, 0.1) is 13.0 Å². The zero-order valence-electron chi connectivity index (χ0n) is 12.2. The molecule has 0 atom stereocenters. The molecule has 0 aliphatic carbocycles. The fourth-order valence-electron chi connectivity index (χ4n) is 2.02. The summed E-state index contributed by atoms with van der Waals surface area (Å²) in [6, 6.07) is 13.4. The quantitative estimate of drug-likeness (QED) is 0.866. The van der Waals surface area contributed by atoms with Crippen molar-refractivity contribution in [1.82, 2.24) is 0 Å². The van der Waals surface area contributed by atoms with Gasteiger partial charge in [-0.1, -0.05) is 34.1 Å². The van der Waals surface area contributed by atoms with E-state index in [0.29, 0.717) is 13.0 Å². The molecule has 1 N–H and O–H groups in total. The minimum atomic E-state index is -0.0490. The number of hydrogen-bond acceptors (Lipinski definition) is 2. The summed E-state index contributed by atoms with van der Waals surface area (Å²) in [4.78, 5) is 11.9. The lowest BCUT2D eigenvalue weighted by Gasteiger charge is -2.10. The van der Waals surface area contributed by atoms with Crippen molar-refractivity contribution in [1.29, 1.82) is 0 Å². The van der Waals surface area contributed by atoms with Gasteiger partial charge >= 0.3 is 0 Å². The molecular formula is C17H18BrNO2. The topological polar surface area (TPSA) is 38.3 Å². The molecule has 0 unspecified atom stereocenters. The molecule has 1 amide bonds. The maximum Gasteiger partial charge on any atom is 0.227 e. The second kappa shape index (κ2) is 7.27. The Morgan fingerprint density at radius 3 is 2.38 bits per heavy atom. The van der Waals surface area contributed by atoms with Crippen LogP contribution in [-0.4, -0.2) is 12.5 Å². The number of carbonyl (C=O) groups is 1. The number of aryl methyl sites for hydroxylation is 2. The van der Waals surface area contributed by atoms with Crippen molar-refractivity contribution in [3.05, 3.63) is 58.1 Å². The van der Waals surface area contributed by atoms with Gasteiger partial charge in [0.1, 0.15) is 5.75 Å². The molecule has 21 heavy (non-hydrogen) atoms. The molecule has 4 heteroatoms. The highest BCUT2D eigenvalue weighted by molar-refractivity contribution is 9.10. The van der Waals surface area contributed by atoms with Crippen molar-refractivity contribution in [3.63, 3.8) is 0 Å². The van der Waals surface area contributed by atoms with Crippen molar-refractivity contribution in [3.8, 4) is 5.75 Å². The minimum absolute atomic E-state index is 0.0490. The van der Waals surface area contributed by atoms with Crippen LogP contribution in [-0.2, 0) is 4.79 Å². The summed E-state index contributed by atoms with van der Waals surface area (Å²) in [5.41, 5.74) is 3.02. The van der Waals surface area contributed by atoms with E-state index in [1.54, 1.807) is 0 Å². The molecule has 0 heterocycles. The Morgan fingerprint density at radius 1 is 1.14 bits per heavy atom. The zero-order valence-corrected chi connectivity index (χ0v) is 13.7. The van der Waals surface area contributed by atoms with Crippen LogP contribution < -0.4 is 10.1 Å². The number of anilines is 1. The SMILES string of the molecule is Cc1cc(NC(=O)CCOc2ccccc2)cc(C)c1Br. The Labute approximate surface area is 133 Å². The maximum atomic E-state index is 11.9. The van der Waals surface area contributed by atoms with E-state index in [0.717, 1.165) is 27.0 Å². The van der Waals surface area contributed by atoms with E-state index in [1.165, 1.54) is 0 Å². The van der Waals surface area contributed by atoms with Gasteiger partial charge in [-0.25, -0.2) is 0 Å². The molecule has 0 bridgehead atoms. The molecule has 3 nitrogen and oxygen atoms in total. The first-order valence-corrected chi connectivity index (χ1v) is 7.60. The number of rotatable bonds is 5. The largest absolute Gasteiger partial charge is 0.493 e. The van der Waals surface area contributed by atoms with Crippen LogP contribution in [0.25, 0.3) is 0 Å². The third-order valence-electron chi connectivity index (χ3n) is 3.06. The lowest BCUT2D eigenvalue weighted by molar-refractivity contribution is -0.116. The Hall–Kier alpha value is -1.81. The highest BCUT2D eigenvalue weighted by Crippen LogP contribution is 2.25. The number of ether oxygens (including phenoxy) is 1. The number of halogens is 1. The second-order valence-corrected chi connectivity index (χ2v) is 5.68.